The molecule has 0 fully saturated rings. The van der Waals surface area contributed by atoms with Gasteiger partial charge in [0.2, 0.25) is 0 Å². The number of amides is 1. The maximum absolute atomic E-state index is 12.2. The molecular weight excluding hydrogens is 473 g/mol. The van der Waals surface area contributed by atoms with Gasteiger partial charge in [0.15, 0.2) is 0 Å². The molecule has 0 aliphatic heterocycles. The standard InChI is InChI=1S/C17H15BrINO3/c1-22-14-10-8-12(9-11-14)15(19)16(18)20(17(21)23-2)13-6-4-3-5-7-13/h3-11H,1-2H3/b16-15-. The zero-order valence-electron chi connectivity index (χ0n) is 12.6. The van der Waals surface area contributed by atoms with Gasteiger partial charge in [-0.1, -0.05) is 30.3 Å². The SMILES string of the molecule is COC(=O)N(/C(Br)=C(\I)c1ccc(OC)cc1)c1ccccc1. The fraction of sp³-hybridized carbons (Fsp3) is 0.118. The van der Waals surface area contributed by atoms with Crippen LogP contribution >= 0.6 is 38.5 Å². The van der Waals surface area contributed by atoms with Crippen molar-refractivity contribution in [2.45, 2.75) is 0 Å². The van der Waals surface area contributed by atoms with Gasteiger partial charge in [-0.05, 0) is 68.3 Å². The Labute approximate surface area is 157 Å². The Hall–Kier alpha value is -1.54. The number of rotatable bonds is 4. The minimum Gasteiger partial charge on any atom is -0.497 e. The number of halogens is 2. The van der Waals surface area contributed by atoms with E-state index in [1.807, 2.05) is 54.6 Å². The van der Waals surface area contributed by atoms with Crippen LogP contribution in [-0.4, -0.2) is 20.3 Å². The van der Waals surface area contributed by atoms with Crippen LogP contribution in [0.25, 0.3) is 3.58 Å². The summed E-state index contributed by atoms with van der Waals surface area (Å²) < 4.78 is 11.6. The van der Waals surface area contributed by atoms with Crippen LogP contribution in [0.3, 0.4) is 0 Å². The summed E-state index contributed by atoms with van der Waals surface area (Å²) in [5, 5.41) is 0. The highest BCUT2D eigenvalue weighted by Gasteiger charge is 2.22. The molecular formula is C17H15BrINO3. The molecule has 0 N–H and O–H groups in total. The Balaban J connectivity index is 2.45. The summed E-state index contributed by atoms with van der Waals surface area (Å²) in [5.41, 5.74) is 1.68. The first-order valence-corrected chi connectivity index (χ1v) is 8.58. The summed E-state index contributed by atoms with van der Waals surface area (Å²) >= 11 is 5.72. The fourth-order valence-corrected chi connectivity index (χ4v) is 3.10. The van der Waals surface area contributed by atoms with Crippen LogP contribution in [-0.2, 0) is 4.74 Å². The first kappa shape index (κ1) is 17.8. The van der Waals surface area contributed by atoms with Crippen molar-refractivity contribution in [2.24, 2.45) is 0 Å². The van der Waals surface area contributed by atoms with Gasteiger partial charge in [-0.2, -0.15) is 0 Å². The number of nitrogens with zero attached hydrogens (tertiary/aromatic N) is 1. The summed E-state index contributed by atoms with van der Waals surface area (Å²) in [6.07, 6.45) is -0.467. The van der Waals surface area contributed by atoms with Gasteiger partial charge in [-0.15, -0.1) is 0 Å². The minimum atomic E-state index is -0.467. The largest absolute Gasteiger partial charge is 0.497 e. The molecule has 0 spiro atoms. The van der Waals surface area contributed by atoms with E-state index in [2.05, 4.69) is 38.5 Å². The fourth-order valence-electron chi connectivity index (χ4n) is 1.92. The lowest BCUT2D eigenvalue weighted by molar-refractivity contribution is 0.181. The second-order valence-corrected chi connectivity index (χ2v) is 6.30. The number of benzene rings is 2. The normalized spacial score (nSPS) is 11.5. The zero-order chi connectivity index (χ0) is 16.8. The predicted molar refractivity (Wildman–Crippen MR) is 104 cm³/mol. The van der Waals surface area contributed by atoms with Gasteiger partial charge >= 0.3 is 6.09 Å². The average molecular weight is 488 g/mol. The second-order valence-electron chi connectivity index (χ2n) is 4.47. The lowest BCUT2D eigenvalue weighted by Crippen LogP contribution is -2.28. The Morgan fingerprint density at radius 1 is 1.04 bits per heavy atom. The number of carbonyl (C=O) groups is 1. The molecule has 23 heavy (non-hydrogen) atoms. The maximum Gasteiger partial charge on any atom is 0.419 e. The number of hydrogen-bond acceptors (Lipinski definition) is 3. The molecule has 1 amide bonds. The van der Waals surface area contributed by atoms with E-state index < -0.39 is 6.09 Å². The molecule has 0 atom stereocenters. The van der Waals surface area contributed by atoms with Crippen LogP contribution in [0.15, 0.2) is 59.2 Å². The third-order valence-corrected chi connectivity index (χ3v) is 5.72. The third-order valence-electron chi connectivity index (χ3n) is 3.09. The summed E-state index contributed by atoms with van der Waals surface area (Å²) in [7, 11) is 2.99. The maximum atomic E-state index is 12.2. The lowest BCUT2D eigenvalue weighted by Gasteiger charge is -2.22. The highest BCUT2D eigenvalue weighted by Crippen LogP contribution is 2.35. The van der Waals surface area contributed by atoms with Crippen molar-refractivity contribution in [3.8, 4) is 5.75 Å². The molecule has 2 aromatic carbocycles. The van der Waals surface area contributed by atoms with Crippen molar-refractivity contribution in [3.05, 3.63) is 64.8 Å². The number of carbonyl (C=O) groups excluding carboxylic acids is 1. The van der Waals surface area contributed by atoms with Crippen LogP contribution < -0.4 is 9.64 Å². The number of ether oxygens (including phenoxy) is 2. The van der Waals surface area contributed by atoms with Crippen LogP contribution in [0, 0.1) is 0 Å². The van der Waals surface area contributed by atoms with E-state index >= 15 is 0 Å². The van der Waals surface area contributed by atoms with Crippen molar-refractivity contribution in [2.75, 3.05) is 19.1 Å². The van der Waals surface area contributed by atoms with E-state index in [9.17, 15) is 4.79 Å². The van der Waals surface area contributed by atoms with E-state index in [1.54, 1.807) is 7.11 Å². The minimum absolute atomic E-state index is 0.467. The topological polar surface area (TPSA) is 38.8 Å². The van der Waals surface area contributed by atoms with Crippen molar-refractivity contribution in [1.29, 1.82) is 0 Å². The van der Waals surface area contributed by atoms with Crippen molar-refractivity contribution >= 4 is 53.9 Å². The van der Waals surface area contributed by atoms with E-state index in [1.165, 1.54) is 12.0 Å². The van der Waals surface area contributed by atoms with Gasteiger partial charge in [0, 0.05) is 0 Å². The van der Waals surface area contributed by atoms with Crippen molar-refractivity contribution in [3.63, 3.8) is 0 Å². The van der Waals surface area contributed by atoms with Gasteiger partial charge in [0.1, 0.15) is 10.4 Å². The molecule has 0 heterocycles. The monoisotopic (exact) mass is 487 g/mol. The molecule has 120 valence electrons. The van der Waals surface area contributed by atoms with Crippen LogP contribution in [0.1, 0.15) is 5.56 Å². The molecule has 0 radical (unpaired) electrons. The van der Waals surface area contributed by atoms with E-state index in [0.717, 1.165) is 14.9 Å². The number of methoxy groups -OCH3 is 2. The van der Waals surface area contributed by atoms with E-state index in [0.29, 0.717) is 10.3 Å². The highest BCUT2D eigenvalue weighted by atomic mass is 127. The van der Waals surface area contributed by atoms with Gasteiger partial charge in [-0.3, -0.25) is 0 Å². The summed E-state index contributed by atoms with van der Waals surface area (Å²) in [6, 6.07) is 16.9. The van der Waals surface area contributed by atoms with Gasteiger partial charge in [0.05, 0.1) is 23.5 Å². The molecule has 0 aromatic heterocycles. The highest BCUT2D eigenvalue weighted by molar-refractivity contribution is 14.1. The molecule has 0 unspecified atom stereocenters. The molecule has 0 aliphatic rings. The van der Waals surface area contributed by atoms with Crippen molar-refractivity contribution < 1.29 is 14.3 Å². The molecule has 6 heteroatoms. The van der Waals surface area contributed by atoms with Gasteiger partial charge in [-0.25, -0.2) is 9.69 Å². The molecule has 4 nitrogen and oxygen atoms in total. The molecule has 0 saturated carbocycles. The number of para-hydroxylation sites is 1. The van der Waals surface area contributed by atoms with Crippen LogP contribution in [0.2, 0.25) is 0 Å². The molecule has 2 aromatic rings. The first-order valence-electron chi connectivity index (χ1n) is 6.71. The average Bonchev–Trinajstić information content (AvgIpc) is 2.62. The van der Waals surface area contributed by atoms with Gasteiger partial charge in [0.25, 0.3) is 0 Å². The molecule has 0 aliphatic carbocycles. The Morgan fingerprint density at radius 2 is 1.65 bits per heavy atom. The zero-order valence-corrected chi connectivity index (χ0v) is 16.4. The van der Waals surface area contributed by atoms with E-state index in [-0.39, 0.29) is 0 Å². The Bertz CT molecular complexity index is 702. The third kappa shape index (κ3) is 4.26. The Kier molecular flexibility index (Phi) is 6.47. The lowest BCUT2D eigenvalue weighted by atomic mass is 10.2. The quantitative estimate of drug-likeness (QED) is 0.426. The van der Waals surface area contributed by atoms with Crippen molar-refractivity contribution in [1.82, 2.24) is 0 Å². The summed E-state index contributed by atoms with van der Waals surface area (Å²) in [6.45, 7) is 0. The summed E-state index contributed by atoms with van der Waals surface area (Å²) in [4.78, 5) is 13.7. The second kappa shape index (κ2) is 8.35. The summed E-state index contributed by atoms with van der Waals surface area (Å²) in [5.74, 6) is 0.780. The first-order chi connectivity index (χ1) is 11.1. The van der Waals surface area contributed by atoms with Crippen LogP contribution in [0.5, 0.6) is 5.75 Å². The van der Waals surface area contributed by atoms with Crippen LogP contribution in [0.4, 0.5) is 10.5 Å². The molecule has 0 saturated heterocycles. The van der Waals surface area contributed by atoms with E-state index in [4.69, 9.17) is 9.47 Å². The number of anilines is 1. The number of hydrogen-bond donors (Lipinski definition) is 0. The molecule has 2 rings (SSSR count). The molecule has 0 bridgehead atoms. The predicted octanol–water partition coefficient (Wildman–Crippen LogP) is 5.42. The Morgan fingerprint density at radius 3 is 2.17 bits per heavy atom. The van der Waals surface area contributed by atoms with Gasteiger partial charge < -0.3 is 9.47 Å². The smallest absolute Gasteiger partial charge is 0.419 e.